The molecule has 0 atom stereocenters. The van der Waals surface area contributed by atoms with E-state index in [0.29, 0.717) is 13.1 Å². The van der Waals surface area contributed by atoms with E-state index in [1.165, 1.54) is 5.56 Å². The Balaban J connectivity index is 0.00000300. The second-order valence-electron chi connectivity index (χ2n) is 6.95. The number of nitrogens with zero attached hydrogens (tertiary/aromatic N) is 4. The number of carbonyl (C=O) groups is 2. The predicted molar refractivity (Wildman–Crippen MR) is 113 cm³/mol. The fourth-order valence-electron chi connectivity index (χ4n) is 3.21. The van der Waals surface area contributed by atoms with Gasteiger partial charge in [0.25, 0.3) is 0 Å². The molecule has 1 aromatic heterocycles. The molecule has 0 unspecified atom stereocenters. The number of piperazine rings is 1. The third-order valence-corrected chi connectivity index (χ3v) is 4.95. The molecule has 0 spiro atoms. The maximum atomic E-state index is 11.4. The number of hydrogen-bond donors (Lipinski definition) is 2. The summed E-state index contributed by atoms with van der Waals surface area (Å²) in [7, 11) is 0. The molecule has 29 heavy (non-hydrogen) atoms. The molecule has 1 saturated heterocycles. The molecule has 0 aliphatic carbocycles. The van der Waals surface area contributed by atoms with Gasteiger partial charge in [-0.15, -0.1) is 0 Å². The van der Waals surface area contributed by atoms with Crippen molar-refractivity contribution in [3.05, 3.63) is 53.3 Å². The molecule has 2 heterocycles. The van der Waals surface area contributed by atoms with Crippen LogP contribution in [0.5, 0.6) is 0 Å². The highest BCUT2D eigenvalue weighted by Gasteiger charge is 2.20. The van der Waals surface area contributed by atoms with E-state index < -0.39 is 0 Å². The van der Waals surface area contributed by atoms with Crippen LogP contribution in [-0.4, -0.2) is 52.9 Å². The molecule has 2 aromatic rings. The topological polar surface area (TPSA) is 104 Å². The van der Waals surface area contributed by atoms with Crippen molar-refractivity contribution in [2.75, 3.05) is 31.1 Å². The van der Waals surface area contributed by atoms with E-state index in [2.05, 4.69) is 20.3 Å². The number of hydrazine groups is 1. The van der Waals surface area contributed by atoms with Crippen LogP contribution in [0.25, 0.3) is 0 Å². The summed E-state index contributed by atoms with van der Waals surface area (Å²) in [5.74, 6) is 5.74. The summed E-state index contributed by atoms with van der Waals surface area (Å²) in [5.41, 5.74) is 5.35. The van der Waals surface area contributed by atoms with Gasteiger partial charge in [-0.1, -0.05) is 31.7 Å². The summed E-state index contributed by atoms with van der Waals surface area (Å²) >= 11 is 0. The van der Waals surface area contributed by atoms with Crippen LogP contribution < -0.4 is 16.2 Å². The van der Waals surface area contributed by atoms with E-state index in [-0.39, 0.29) is 25.7 Å². The molecule has 2 amide bonds. The Morgan fingerprint density at radius 2 is 1.52 bits per heavy atom. The van der Waals surface area contributed by atoms with Crippen molar-refractivity contribution in [3.63, 3.8) is 0 Å². The maximum Gasteiger partial charge on any atom is 0.238 e. The molecule has 156 valence electrons. The van der Waals surface area contributed by atoms with E-state index in [0.717, 1.165) is 43.0 Å². The number of amides is 2. The van der Waals surface area contributed by atoms with Gasteiger partial charge in [-0.2, -0.15) is 0 Å². The molecule has 1 aromatic carbocycles. The van der Waals surface area contributed by atoms with Crippen molar-refractivity contribution in [1.82, 2.24) is 20.3 Å². The van der Waals surface area contributed by atoms with Gasteiger partial charge >= 0.3 is 0 Å². The number of anilines is 1. The summed E-state index contributed by atoms with van der Waals surface area (Å²) in [6, 6.07) is 7.96. The van der Waals surface area contributed by atoms with Gasteiger partial charge in [0.05, 0.1) is 6.42 Å². The van der Waals surface area contributed by atoms with Crippen LogP contribution >= 0.6 is 0 Å². The van der Waals surface area contributed by atoms with E-state index in [1.54, 1.807) is 6.92 Å². The average molecular weight is 399 g/mol. The van der Waals surface area contributed by atoms with Gasteiger partial charge in [-0.05, 0) is 29.5 Å². The number of nitrogens with one attached hydrogen (secondary N) is 1. The lowest BCUT2D eigenvalue weighted by atomic mass is 10.0. The Morgan fingerprint density at radius 1 is 0.966 bits per heavy atom. The zero-order chi connectivity index (χ0) is 19.9. The fourth-order valence-corrected chi connectivity index (χ4v) is 3.21. The Bertz CT molecular complexity index is 799. The molecule has 1 fully saturated rings. The van der Waals surface area contributed by atoms with Crippen molar-refractivity contribution in [2.45, 2.75) is 33.6 Å². The largest absolute Gasteiger partial charge is 0.339 e. The molecule has 0 bridgehead atoms. The van der Waals surface area contributed by atoms with Crippen molar-refractivity contribution in [2.24, 2.45) is 5.84 Å². The van der Waals surface area contributed by atoms with E-state index in [4.69, 9.17) is 5.84 Å². The summed E-state index contributed by atoms with van der Waals surface area (Å²) in [6.07, 6.45) is 5.76. The second kappa shape index (κ2) is 10.5. The summed E-state index contributed by atoms with van der Waals surface area (Å²) in [4.78, 5) is 35.7. The second-order valence-corrected chi connectivity index (χ2v) is 6.95. The van der Waals surface area contributed by atoms with Crippen LogP contribution in [0.2, 0.25) is 0 Å². The van der Waals surface area contributed by atoms with Crippen LogP contribution in [0.3, 0.4) is 0 Å². The Hall–Kier alpha value is -3.00. The van der Waals surface area contributed by atoms with E-state index in [1.807, 2.05) is 41.6 Å². The molecule has 3 N–H and O–H groups in total. The lowest BCUT2D eigenvalue weighted by molar-refractivity contribution is -0.129. The first-order chi connectivity index (χ1) is 13.5. The number of aromatic nitrogens is 2. The molecular formula is C21H30N6O2. The van der Waals surface area contributed by atoms with Gasteiger partial charge in [-0.3, -0.25) is 15.0 Å². The maximum absolute atomic E-state index is 11.4. The van der Waals surface area contributed by atoms with Gasteiger partial charge in [0, 0.05) is 45.5 Å². The first kappa shape index (κ1) is 22.3. The minimum absolute atomic E-state index is 0. The summed E-state index contributed by atoms with van der Waals surface area (Å²) in [5, 5.41) is 0. The first-order valence-electron chi connectivity index (χ1n) is 9.44. The van der Waals surface area contributed by atoms with Gasteiger partial charge in [0.1, 0.15) is 0 Å². The van der Waals surface area contributed by atoms with Crippen LogP contribution in [0.4, 0.5) is 5.95 Å². The minimum atomic E-state index is -0.201. The Morgan fingerprint density at radius 3 is 2.07 bits per heavy atom. The number of nitrogens with two attached hydrogens (primary N) is 1. The zero-order valence-corrected chi connectivity index (χ0v) is 16.1. The third kappa shape index (κ3) is 6.25. The third-order valence-electron chi connectivity index (χ3n) is 4.95. The Kier molecular flexibility index (Phi) is 8.09. The summed E-state index contributed by atoms with van der Waals surface area (Å²) < 4.78 is 0. The van der Waals surface area contributed by atoms with Crippen LogP contribution in [-0.2, 0) is 28.9 Å². The van der Waals surface area contributed by atoms with Crippen LogP contribution in [0.15, 0.2) is 36.7 Å². The summed E-state index contributed by atoms with van der Waals surface area (Å²) in [6.45, 7) is 4.54. The van der Waals surface area contributed by atoms with Gasteiger partial charge < -0.3 is 9.80 Å². The normalized spacial score (nSPS) is 13.6. The van der Waals surface area contributed by atoms with Gasteiger partial charge in [0.2, 0.25) is 17.8 Å². The molecule has 1 aliphatic rings. The lowest BCUT2D eigenvalue weighted by Gasteiger charge is -2.34. The monoisotopic (exact) mass is 398 g/mol. The van der Waals surface area contributed by atoms with Crippen molar-refractivity contribution in [1.29, 1.82) is 0 Å². The van der Waals surface area contributed by atoms with Crippen molar-refractivity contribution >= 4 is 17.8 Å². The zero-order valence-electron chi connectivity index (χ0n) is 16.1. The molecule has 8 nitrogen and oxygen atoms in total. The van der Waals surface area contributed by atoms with E-state index in [9.17, 15) is 9.59 Å². The van der Waals surface area contributed by atoms with Crippen molar-refractivity contribution < 1.29 is 9.59 Å². The van der Waals surface area contributed by atoms with Gasteiger partial charge in [-0.25, -0.2) is 15.8 Å². The molecule has 0 saturated carbocycles. The SMILES string of the molecule is C.CC(=O)N1CCN(c2ncc(CCc3ccc(CC(=O)NN)cc3)cn2)CC1. The van der Waals surface area contributed by atoms with Crippen LogP contribution in [0.1, 0.15) is 31.0 Å². The quantitative estimate of drug-likeness (QED) is 0.429. The predicted octanol–water partition coefficient (Wildman–Crippen LogP) is 1.10. The average Bonchev–Trinajstić information content (AvgIpc) is 2.73. The number of carbonyl (C=O) groups excluding carboxylic acids is 2. The van der Waals surface area contributed by atoms with Gasteiger partial charge in [0.15, 0.2) is 0 Å². The molecule has 0 radical (unpaired) electrons. The first-order valence-corrected chi connectivity index (χ1v) is 9.44. The number of benzene rings is 1. The number of hydrogen-bond acceptors (Lipinski definition) is 6. The molecule has 1 aliphatic heterocycles. The highest BCUT2D eigenvalue weighted by Crippen LogP contribution is 2.13. The molecular weight excluding hydrogens is 368 g/mol. The van der Waals surface area contributed by atoms with Crippen molar-refractivity contribution in [3.8, 4) is 0 Å². The Labute approximate surface area is 172 Å². The smallest absolute Gasteiger partial charge is 0.238 e. The fraction of sp³-hybridized carbons (Fsp3) is 0.429. The highest BCUT2D eigenvalue weighted by atomic mass is 16.2. The molecule has 3 rings (SSSR count). The van der Waals surface area contributed by atoms with Crippen LogP contribution in [0, 0.1) is 0 Å². The number of rotatable bonds is 6. The molecule has 8 heteroatoms. The highest BCUT2D eigenvalue weighted by molar-refractivity contribution is 5.77. The standard InChI is InChI=1S/C20H26N6O2.CH4/c1-15(27)25-8-10-26(11-9-25)20-22-13-18(14-23-20)7-4-16-2-5-17(6-3-16)12-19(28)24-21;/h2-3,5-6,13-14H,4,7-12,21H2,1H3,(H,24,28);1H4. The van der Waals surface area contributed by atoms with E-state index >= 15 is 0 Å². The number of aryl methyl sites for hydroxylation is 2. The minimum Gasteiger partial charge on any atom is -0.339 e. The lowest BCUT2D eigenvalue weighted by Crippen LogP contribution is -2.48.